The van der Waals surface area contributed by atoms with E-state index in [2.05, 4.69) is 17.6 Å². The Bertz CT molecular complexity index is 667. The number of hydrogen-bond acceptors (Lipinski definition) is 4. The van der Waals surface area contributed by atoms with E-state index < -0.39 is 0 Å². The third-order valence-corrected chi connectivity index (χ3v) is 5.25. The summed E-state index contributed by atoms with van der Waals surface area (Å²) in [4.78, 5) is 26.7. The van der Waals surface area contributed by atoms with Gasteiger partial charge in [0.2, 0.25) is 11.8 Å². The third-order valence-electron chi connectivity index (χ3n) is 5.02. The predicted molar refractivity (Wildman–Crippen MR) is 97.1 cm³/mol. The first-order valence-corrected chi connectivity index (χ1v) is 9.05. The van der Waals surface area contributed by atoms with Crippen molar-refractivity contribution in [1.29, 1.82) is 0 Å². The molecule has 3 unspecified atom stereocenters. The summed E-state index contributed by atoms with van der Waals surface area (Å²) in [7, 11) is 1.55. The van der Waals surface area contributed by atoms with Crippen LogP contribution in [0.5, 0.6) is 5.75 Å². The molecule has 0 radical (unpaired) electrons. The fourth-order valence-electron chi connectivity index (χ4n) is 3.53. The van der Waals surface area contributed by atoms with Crippen LogP contribution >= 0.6 is 11.6 Å². The molecule has 0 saturated carbocycles. The van der Waals surface area contributed by atoms with Crippen molar-refractivity contribution in [2.45, 2.75) is 38.3 Å². The van der Waals surface area contributed by atoms with Crippen LogP contribution < -0.4 is 20.3 Å². The van der Waals surface area contributed by atoms with Gasteiger partial charge in [-0.1, -0.05) is 11.6 Å². The number of nitrogens with one attached hydrogen (secondary N) is 2. The van der Waals surface area contributed by atoms with Crippen LogP contribution in [0.4, 0.5) is 5.69 Å². The molecule has 2 N–H and O–H groups in total. The Hall–Kier alpha value is -1.79. The summed E-state index contributed by atoms with van der Waals surface area (Å²) in [6, 6.07) is 5.51. The smallest absolute Gasteiger partial charge is 0.227 e. The van der Waals surface area contributed by atoms with Crippen LogP contribution in [0.2, 0.25) is 5.02 Å². The average Bonchev–Trinajstić information content (AvgIpc) is 2.98. The van der Waals surface area contributed by atoms with Crippen LogP contribution in [0.25, 0.3) is 0 Å². The predicted octanol–water partition coefficient (Wildman–Crippen LogP) is 1.96. The van der Waals surface area contributed by atoms with E-state index >= 15 is 0 Å². The van der Waals surface area contributed by atoms with E-state index in [-0.39, 0.29) is 36.2 Å². The first-order chi connectivity index (χ1) is 12.0. The second-order valence-electron chi connectivity index (χ2n) is 6.72. The quantitative estimate of drug-likeness (QED) is 0.855. The van der Waals surface area contributed by atoms with Gasteiger partial charge in [-0.2, -0.15) is 0 Å². The van der Waals surface area contributed by atoms with Crippen molar-refractivity contribution in [2.24, 2.45) is 5.92 Å². The summed E-state index contributed by atoms with van der Waals surface area (Å²) < 4.78 is 5.33. The fraction of sp³-hybridized carbons (Fsp3) is 0.556. The molecule has 2 aliphatic rings. The molecule has 3 atom stereocenters. The number of carbonyl (C=O) groups is 2. The molecule has 2 aliphatic heterocycles. The average molecular weight is 366 g/mol. The highest BCUT2D eigenvalue weighted by Gasteiger charge is 2.37. The van der Waals surface area contributed by atoms with Crippen molar-refractivity contribution < 1.29 is 14.3 Å². The normalized spacial score (nSPS) is 26.6. The number of piperidine rings is 1. The number of anilines is 1. The largest absolute Gasteiger partial charge is 0.495 e. The second-order valence-corrected chi connectivity index (χ2v) is 7.16. The van der Waals surface area contributed by atoms with Crippen LogP contribution in [-0.4, -0.2) is 44.1 Å². The molecule has 0 bridgehead atoms. The van der Waals surface area contributed by atoms with Gasteiger partial charge in [-0.25, -0.2) is 0 Å². The summed E-state index contributed by atoms with van der Waals surface area (Å²) in [5.74, 6) is 0.0714. The van der Waals surface area contributed by atoms with Crippen LogP contribution in [0.3, 0.4) is 0 Å². The summed E-state index contributed by atoms with van der Waals surface area (Å²) in [6.07, 6.45) is 2.22. The van der Waals surface area contributed by atoms with Gasteiger partial charge in [0.05, 0.1) is 18.7 Å². The molecule has 1 aromatic carbocycles. The number of nitrogens with zero attached hydrogens (tertiary/aromatic N) is 1. The minimum atomic E-state index is -0.356. The van der Waals surface area contributed by atoms with Crippen LogP contribution in [0.1, 0.15) is 26.2 Å². The fourth-order valence-corrected chi connectivity index (χ4v) is 3.70. The monoisotopic (exact) mass is 365 g/mol. The Morgan fingerprint density at radius 1 is 1.44 bits per heavy atom. The van der Waals surface area contributed by atoms with Gasteiger partial charge >= 0.3 is 0 Å². The Morgan fingerprint density at radius 3 is 2.96 bits per heavy atom. The van der Waals surface area contributed by atoms with E-state index in [1.807, 2.05) is 0 Å². The highest BCUT2D eigenvalue weighted by Crippen LogP contribution is 2.35. The van der Waals surface area contributed by atoms with Gasteiger partial charge in [0, 0.05) is 30.1 Å². The second kappa shape index (κ2) is 7.62. The van der Waals surface area contributed by atoms with Gasteiger partial charge in [0.15, 0.2) is 0 Å². The number of rotatable bonds is 4. The first-order valence-electron chi connectivity index (χ1n) is 8.67. The number of benzene rings is 1. The van der Waals surface area contributed by atoms with Gasteiger partial charge in [0.1, 0.15) is 5.75 Å². The number of methoxy groups -OCH3 is 1. The van der Waals surface area contributed by atoms with E-state index in [0.29, 0.717) is 23.0 Å². The molecule has 136 valence electrons. The van der Waals surface area contributed by atoms with Gasteiger partial charge in [-0.15, -0.1) is 0 Å². The molecule has 1 aromatic rings. The Kier molecular flexibility index (Phi) is 5.49. The van der Waals surface area contributed by atoms with Crippen molar-refractivity contribution >= 4 is 29.1 Å². The molecule has 3 rings (SSSR count). The molecule has 0 spiro atoms. The Balaban J connectivity index is 1.70. The van der Waals surface area contributed by atoms with E-state index in [1.165, 1.54) is 0 Å². The first kappa shape index (κ1) is 18.0. The molecule has 25 heavy (non-hydrogen) atoms. The lowest BCUT2D eigenvalue weighted by atomic mass is 9.98. The zero-order valence-electron chi connectivity index (χ0n) is 14.5. The number of halogens is 1. The van der Waals surface area contributed by atoms with Gasteiger partial charge < -0.3 is 20.3 Å². The zero-order chi connectivity index (χ0) is 18.0. The molecule has 6 nitrogen and oxygen atoms in total. The van der Waals surface area contributed by atoms with Crippen LogP contribution in [0.15, 0.2) is 18.2 Å². The van der Waals surface area contributed by atoms with Crippen LogP contribution in [0, 0.1) is 5.92 Å². The summed E-state index contributed by atoms with van der Waals surface area (Å²) in [5, 5.41) is 7.00. The van der Waals surface area contributed by atoms with E-state index in [0.717, 1.165) is 19.4 Å². The molecule has 0 aromatic heterocycles. The number of carbonyl (C=O) groups excluding carboxylic acids is 2. The van der Waals surface area contributed by atoms with Crippen molar-refractivity contribution in [2.75, 3.05) is 25.1 Å². The highest BCUT2D eigenvalue weighted by molar-refractivity contribution is 6.31. The molecule has 2 amide bonds. The third kappa shape index (κ3) is 3.90. The zero-order valence-corrected chi connectivity index (χ0v) is 15.3. The lowest BCUT2D eigenvalue weighted by molar-refractivity contribution is -0.127. The maximum atomic E-state index is 12.6. The van der Waals surface area contributed by atoms with Gasteiger partial charge in [-0.3, -0.25) is 9.59 Å². The summed E-state index contributed by atoms with van der Waals surface area (Å²) >= 11 is 6.06. The van der Waals surface area contributed by atoms with Gasteiger partial charge in [0.25, 0.3) is 0 Å². The number of amides is 2. The van der Waals surface area contributed by atoms with E-state index in [9.17, 15) is 9.59 Å². The lowest BCUT2D eigenvalue weighted by Gasteiger charge is -2.31. The molecule has 2 heterocycles. The topological polar surface area (TPSA) is 70.7 Å². The van der Waals surface area contributed by atoms with E-state index in [4.69, 9.17) is 16.3 Å². The molecule has 7 heteroatoms. The van der Waals surface area contributed by atoms with Crippen molar-refractivity contribution in [1.82, 2.24) is 10.6 Å². The summed E-state index contributed by atoms with van der Waals surface area (Å²) in [5.41, 5.74) is 0.614. The number of hydrogen-bond donors (Lipinski definition) is 2. The van der Waals surface area contributed by atoms with Gasteiger partial charge in [-0.05, 0) is 44.5 Å². The van der Waals surface area contributed by atoms with Crippen LogP contribution in [-0.2, 0) is 9.59 Å². The minimum absolute atomic E-state index is 0.0580. The molecule has 0 aliphatic carbocycles. The minimum Gasteiger partial charge on any atom is -0.495 e. The standard InChI is InChI=1S/C18H24ClN3O3/c1-11-14(4-3-7-20-11)21-18(24)12-8-17(23)22(10-12)15-9-13(19)5-6-16(15)25-2/h5-6,9,11-12,14,20H,3-4,7-8,10H2,1-2H3,(H,21,24). The molecule has 2 saturated heterocycles. The van der Waals surface area contributed by atoms with E-state index in [1.54, 1.807) is 30.2 Å². The maximum absolute atomic E-state index is 12.6. The van der Waals surface area contributed by atoms with Crippen molar-refractivity contribution in [3.05, 3.63) is 23.2 Å². The number of ether oxygens (including phenoxy) is 1. The Labute approximate surface area is 152 Å². The highest BCUT2D eigenvalue weighted by atomic mass is 35.5. The molecule has 2 fully saturated rings. The lowest BCUT2D eigenvalue weighted by Crippen LogP contribution is -2.53. The van der Waals surface area contributed by atoms with Crippen molar-refractivity contribution in [3.8, 4) is 5.75 Å². The van der Waals surface area contributed by atoms with Crippen molar-refractivity contribution in [3.63, 3.8) is 0 Å². The Morgan fingerprint density at radius 2 is 2.24 bits per heavy atom. The SMILES string of the molecule is COc1ccc(Cl)cc1N1CC(C(=O)NC2CCCNC2C)CC1=O. The molecular formula is C18H24ClN3O3. The molecular weight excluding hydrogens is 342 g/mol. The summed E-state index contributed by atoms with van der Waals surface area (Å²) in [6.45, 7) is 3.40. The maximum Gasteiger partial charge on any atom is 0.227 e.